The number of aromatic nitrogens is 1. The third-order valence-electron chi connectivity index (χ3n) is 6.02. The van der Waals surface area contributed by atoms with E-state index in [0.717, 1.165) is 16.5 Å². The quantitative estimate of drug-likeness (QED) is 0.505. The Morgan fingerprint density at radius 3 is 2.67 bits per heavy atom. The lowest BCUT2D eigenvalue weighted by Crippen LogP contribution is -2.56. The third-order valence-corrected chi connectivity index (χ3v) is 6.61. The van der Waals surface area contributed by atoms with Crippen LogP contribution < -0.4 is 4.74 Å². The number of halogens is 2. The van der Waals surface area contributed by atoms with Gasteiger partial charge in [0.1, 0.15) is 30.1 Å². The van der Waals surface area contributed by atoms with E-state index >= 15 is 0 Å². The highest BCUT2D eigenvalue weighted by molar-refractivity contribution is 6.35. The minimum Gasteiger partial charge on any atom is -0.497 e. The van der Waals surface area contributed by atoms with Crippen LogP contribution in [0.25, 0.3) is 10.9 Å². The van der Waals surface area contributed by atoms with Crippen molar-refractivity contribution >= 4 is 40.0 Å². The van der Waals surface area contributed by atoms with Crippen LogP contribution in [0.2, 0.25) is 10.0 Å². The molecule has 3 heterocycles. The Kier molecular flexibility index (Phi) is 5.98. The van der Waals surface area contributed by atoms with Gasteiger partial charge < -0.3 is 34.1 Å². The molecule has 3 N–H and O–H groups in total. The molecule has 1 saturated heterocycles. The van der Waals surface area contributed by atoms with Gasteiger partial charge >= 0.3 is 0 Å². The maximum atomic E-state index is 10.5. The standard InChI is InChI=1S/C23H22Cl2N2O6/c1-31-13-4-5-14-15(22-26-19-21(30)20(29)18(10-28)32-23(19)33-22)9-27(17(14)7-13)8-11-2-3-12(24)6-16(11)25/h2-7,9,18-21,23,28-30H,8,10H2,1H3/t18?,19-,20-,21?,23-/m1/s1. The molecule has 2 aromatic carbocycles. The first-order chi connectivity index (χ1) is 15.9. The number of benzene rings is 2. The lowest BCUT2D eigenvalue weighted by atomic mass is 9.98. The smallest absolute Gasteiger partial charge is 0.227 e. The van der Waals surface area contributed by atoms with Gasteiger partial charge in [-0.05, 0) is 29.8 Å². The molecule has 33 heavy (non-hydrogen) atoms. The molecule has 0 saturated carbocycles. The average Bonchev–Trinajstić information content (AvgIpc) is 3.39. The largest absolute Gasteiger partial charge is 0.497 e. The second-order valence-electron chi connectivity index (χ2n) is 8.04. The van der Waals surface area contributed by atoms with E-state index in [0.29, 0.717) is 27.9 Å². The van der Waals surface area contributed by atoms with Gasteiger partial charge in [-0.15, -0.1) is 0 Å². The Labute approximate surface area is 199 Å². The van der Waals surface area contributed by atoms with E-state index in [9.17, 15) is 15.3 Å². The van der Waals surface area contributed by atoms with Crippen molar-refractivity contribution < 1.29 is 29.5 Å². The fourth-order valence-electron chi connectivity index (χ4n) is 4.24. The lowest BCUT2D eigenvalue weighted by Gasteiger charge is -2.36. The second kappa shape index (κ2) is 8.79. The number of aliphatic hydroxyl groups excluding tert-OH is 3. The Morgan fingerprint density at radius 1 is 1.12 bits per heavy atom. The molecule has 10 heteroatoms. The molecular weight excluding hydrogens is 471 g/mol. The molecule has 0 aliphatic carbocycles. The van der Waals surface area contributed by atoms with Gasteiger partial charge in [-0.3, -0.25) is 0 Å². The van der Waals surface area contributed by atoms with Gasteiger partial charge in [-0.2, -0.15) is 0 Å². The molecular formula is C23H22Cl2N2O6. The predicted molar refractivity (Wildman–Crippen MR) is 123 cm³/mol. The van der Waals surface area contributed by atoms with Crippen LogP contribution in [0.5, 0.6) is 5.75 Å². The zero-order valence-electron chi connectivity index (χ0n) is 17.6. The number of ether oxygens (including phenoxy) is 3. The SMILES string of the molecule is COc1ccc2c(C3=N[C@@H]4C(O)[C@H](O)C(CO)O[C@@H]4O3)cn(Cc3ccc(Cl)cc3Cl)c2c1. The normalized spacial score (nSPS) is 26.7. The third kappa shape index (κ3) is 3.97. The molecule has 1 fully saturated rings. The second-order valence-corrected chi connectivity index (χ2v) is 8.88. The molecule has 5 atom stereocenters. The maximum Gasteiger partial charge on any atom is 0.227 e. The van der Waals surface area contributed by atoms with Crippen molar-refractivity contribution in [2.45, 2.75) is 37.2 Å². The van der Waals surface area contributed by atoms with Crippen LogP contribution in [0.15, 0.2) is 47.6 Å². The first-order valence-corrected chi connectivity index (χ1v) is 11.1. The van der Waals surface area contributed by atoms with Gasteiger partial charge in [0, 0.05) is 34.2 Å². The van der Waals surface area contributed by atoms with Gasteiger partial charge in [0.2, 0.25) is 12.2 Å². The van der Waals surface area contributed by atoms with E-state index in [4.69, 9.17) is 37.4 Å². The number of nitrogens with zero attached hydrogens (tertiary/aromatic N) is 2. The molecule has 0 radical (unpaired) electrons. The highest BCUT2D eigenvalue weighted by Gasteiger charge is 2.49. The Balaban J connectivity index is 1.55. The molecule has 1 aromatic heterocycles. The summed E-state index contributed by atoms with van der Waals surface area (Å²) in [4.78, 5) is 4.51. The number of aliphatic imine (C=N–C) groups is 1. The molecule has 174 valence electrons. The minimum atomic E-state index is -1.26. The topological polar surface area (TPSA) is 106 Å². The summed E-state index contributed by atoms with van der Waals surface area (Å²) in [5, 5.41) is 32.1. The molecule has 0 spiro atoms. The highest BCUT2D eigenvalue weighted by atomic mass is 35.5. The first kappa shape index (κ1) is 22.5. The van der Waals surface area contributed by atoms with Crippen LogP contribution in [0.3, 0.4) is 0 Å². The van der Waals surface area contributed by atoms with Gasteiger partial charge in [0.15, 0.2) is 0 Å². The van der Waals surface area contributed by atoms with Crippen LogP contribution >= 0.6 is 23.2 Å². The van der Waals surface area contributed by atoms with Gasteiger partial charge in [0.25, 0.3) is 0 Å². The van der Waals surface area contributed by atoms with Crippen molar-refractivity contribution in [1.29, 1.82) is 0 Å². The first-order valence-electron chi connectivity index (χ1n) is 10.4. The summed E-state index contributed by atoms with van der Waals surface area (Å²) in [5.41, 5.74) is 2.44. The number of methoxy groups -OCH3 is 1. The number of fused-ring (bicyclic) bond motifs is 2. The van der Waals surface area contributed by atoms with Crippen LogP contribution in [-0.4, -0.2) is 70.1 Å². The lowest BCUT2D eigenvalue weighted by molar-refractivity contribution is -0.234. The van der Waals surface area contributed by atoms with Crippen molar-refractivity contribution in [3.05, 3.63) is 63.8 Å². The van der Waals surface area contributed by atoms with Crippen LogP contribution in [-0.2, 0) is 16.0 Å². The van der Waals surface area contributed by atoms with Crippen molar-refractivity contribution in [2.75, 3.05) is 13.7 Å². The molecule has 0 amide bonds. The molecule has 3 aromatic rings. The van der Waals surface area contributed by atoms with E-state index in [1.165, 1.54) is 0 Å². The van der Waals surface area contributed by atoms with Crippen molar-refractivity contribution in [1.82, 2.24) is 4.57 Å². The summed E-state index contributed by atoms with van der Waals surface area (Å²) in [7, 11) is 1.60. The maximum absolute atomic E-state index is 10.5. The van der Waals surface area contributed by atoms with Crippen molar-refractivity contribution in [2.24, 2.45) is 4.99 Å². The molecule has 2 aliphatic rings. The number of hydrogen-bond acceptors (Lipinski definition) is 7. The summed E-state index contributed by atoms with van der Waals surface area (Å²) in [6.45, 7) is 0.0192. The summed E-state index contributed by atoms with van der Waals surface area (Å²) < 4.78 is 19.0. The fraction of sp³-hybridized carbons (Fsp3) is 0.348. The van der Waals surface area contributed by atoms with E-state index < -0.39 is 37.3 Å². The van der Waals surface area contributed by atoms with Gasteiger partial charge in [-0.25, -0.2) is 4.99 Å². The fourth-order valence-corrected chi connectivity index (χ4v) is 4.71. The zero-order valence-corrected chi connectivity index (χ0v) is 19.1. The van der Waals surface area contributed by atoms with E-state index in [1.807, 2.05) is 35.0 Å². The van der Waals surface area contributed by atoms with Crippen LogP contribution in [0.1, 0.15) is 11.1 Å². The number of aliphatic hydroxyl groups is 3. The number of hydrogen-bond donors (Lipinski definition) is 3. The summed E-state index contributed by atoms with van der Waals surface area (Å²) >= 11 is 12.4. The highest BCUT2D eigenvalue weighted by Crippen LogP contribution is 2.34. The monoisotopic (exact) mass is 492 g/mol. The average molecular weight is 493 g/mol. The zero-order chi connectivity index (χ0) is 23.3. The van der Waals surface area contributed by atoms with E-state index in [2.05, 4.69) is 4.99 Å². The van der Waals surface area contributed by atoms with Gasteiger partial charge in [-0.1, -0.05) is 29.3 Å². The Hall–Kier alpha value is -2.33. The predicted octanol–water partition coefficient (Wildman–Crippen LogP) is 2.59. The Bertz CT molecular complexity index is 1230. The Morgan fingerprint density at radius 2 is 1.94 bits per heavy atom. The summed E-state index contributed by atoms with van der Waals surface area (Å²) in [6, 6.07) is 10.2. The number of rotatable bonds is 5. The molecule has 2 unspecified atom stereocenters. The van der Waals surface area contributed by atoms with Crippen molar-refractivity contribution in [3.8, 4) is 5.75 Å². The summed E-state index contributed by atoms with van der Waals surface area (Å²) in [5.74, 6) is 0.970. The van der Waals surface area contributed by atoms with Crippen LogP contribution in [0.4, 0.5) is 0 Å². The van der Waals surface area contributed by atoms with E-state index in [-0.39, 0.29) is 5.90 Å². The molecule has 0 bridgehead atoms. The van der Waals surface area contributed by atoms with Crippen LogP contribution in [0, 0.1) is 0 Å². The summed E-state index contributed by atoms with van der Waals surface area (Å²) in [6.07, 6.45) is -2.45. The van der Waals surface area contributed by atoms with Gasteiger partial charge in [0.05, 0.1) is 24.8 Å². The van der Waals surface area contributed by atoms with E-state index in [1.54, 1.807) is 19.2 Å². The molecule has 8 nitrogen and oxygen atoms in total. The molecule has 5 rings (SSSR count). The minimum absolute atomic E-state index is 0.283. The molecule has 2 aliphatic heterocycles. The van der Waals surface area contributed by atoms with Crippen molar-refractivity contribution in [3.63, 3.8) is 0 Å².